The van der Waals surface area contributed by atoms with Crippen molar-refractivity contribution in [2.24, 2.45) is 5.92 Å². The molecule has 1 N–H and O–H groups in total. The van der Waals surface area contributed by atoms with E-state index in [-0.39, 0.29) is 30.7 Å². The third-order valence-electron chi connectivity index (χ3n) is 5.25. The number of thiophene rings is 1. The topological polar surface area (TPSA) is 49.4 Å². The van der Waals surface area contributed by atoms with Gasteiger partial charge in [-0.15, -0.1) is 11.3 Å². The Hall–Kier alpha value is -2.14. The lowest BCUT2D eigenvalue weighted by Crippen LogP contribution is -2.40. The molecule has 4 nitrogen and oxygen atoms in total. The molecule has 1 aromatic carbocycles. The second-order valence-electron chi connectivity index (χ2n) is 7.20. The van der Waals surface area contributed by atoms with Crippen molar-refractivity contribution in [3.8, 4) is 0 Å². The number of hydrogen-bond donors (Lipinski definition) is 1. The van der Waals surface area contributed by atoms with Gasteiger partial charge >= 0.3 is 0 Å². The molecule has 1 aliphatic carbocycles. The highest BCUT2D eigenvalue weighted by molar-refractivity contribution is 7.10. The lowest BCUT2D eigenvalue weighted by atomic mass is 9.93. The average Bonchev–Trinajstić information content (AvgIpc) is 3.39. The number of rotatable bonds is 6. The fourth-order valence-corrected chi connectivity index (χ4v) is 4.52. The van der Waals surface area contributed by atoms with Gasteiger partial charge in [0.1, 0.15) is 0 Å². The molecule has 1 saturated carbocycles. The fourth-order valence-electron chi connectivity index (χ4n) is 3.61. The predicted molar refractivity (Wildman–Crippen MR) is 103 cm³/mol. The number of benzene rings is 1. The molecule has 1 aliphatic heterocycles. The van der Waals surface area contributed by atoms with Crippen LogP contribution >= 0.6 is 11.3 Å². The summed E-state index contributed by atoms with van der Waals surface area (Å²) in [6, 6.07) is 12.3. The van der Waals surface area contributed by atoms with E-state index < -0.39 is 0 Å². The minimum absolute atomic E-state index is 0.00487. The van der Waals surface area contributed by atoms with Crippen LogP contribution in [0.25, 0.3) is 0 Å². The van der Waals surface area contributed by atoms with Gasteiger partial charge in [0.2, 0.25) is 11.8 Å². The molecule has 0 radical (unpaired) electrons. The van der Waals surface area contributed by atoms with Crippen molar-refractivity contribution in [2.75, 3.05) is 13.1 Å². The van der Waals surface area contributed by atoms with Gasteiger partial charge in [-0.3, -0.25) is 9.59 Å². The Morgan fingerprint density at radius 3 is 2.69 bits per heavy atom. The molecule has 1 unspecified atom stereocenters. The normalized spacial score (nSPS) is 19.1. The van der Waals surface area contributed by atoms with Crippen LogP contribution in [0.5, 0.6) is 0 Å². The summed E-state index contributed by atoms with van der Waals surface area (Å²) in [6.45, 7) is 1.48. The predicted octanol–water partition coefficient (Wildman–Crippen LogP) is 3.53. The van der Waals surface area contributed by atoms with Crippen molar-refractivity contribution in [1.29, 1.82) is 0 Å². The molecule has 4 rings (SSSR count). The smallest absolute Gasteiger partial charge is 0.223 e. The van der Waals surface area contributed by atoms with E-state index in [2.05, 4.69) is 28.9 Å². The lowest BCUT2D eigenvalue weighted by Gasteiger charge is -2.36. The molecule has 1 aromatic heterocycles. The van der Waals surface area contributed by atoms with Gasteiger partial charge in [-0.25, -0.2) is 0 Å². The standard InChI is InChI=1S/C21H24N2O2S/c24-19(22-14-15-6-7-15)8-9-20(25)23-12-10-18-17(11-13-26-18)21(23)16-4-2-1-3-5-16/h1-5,11,13,15,21H,6-10,12,14H2,(H,22,24). The molecule has 2 heterocycles. The number of fused-ring (bicyclic) bond motifs is 1. The van der Waals surface area contributed by atoms with Crippen molar-refractivity contribution >= 4 is 23.2 Å². The number of carbonyl (C=O) groups excluding carboxylic acids is 2. The van der Waals surface area contributed by atoms with E-state index in [9.17, 15) is 9.59 Å². The monoisotopic (exact) mass is 368 g/mol. The Bertz CT molecular complexity index is 782. The number of nitrogens with zero attached hydrogens (tertiary/aromatic N) is 1. The first kappa shape index (κ1) is 17.3. The average molecular weight is 369 g/mol. The largest absolute Gasteiger partial charge is 0.356 e. The van der Waals surface area contributed by atoms with E-state index in [0.29, 0.717) is 5.92 Å². The number of nitrogens with one attached hydrogen (secondary N) is 1. The van der Waals surface area contributed by atoms with Gasteiger partial charge in [0.25, 0.3) is 0 Å². The maximum Gasteiger partial charge on any atom is 0.223 e. The van der Waals surface area contributed by atoms with Crippen LogP contribution in [0.1, 0.15) is 47.7 Å². The number of carbonyl (C=O) groups is 2. The second-order valence-corrected chi connectivity index (χ2v) is 8.20. The molecule has 5 heteroatoms. The molecule has 0 saturated heterocycles. The van der Waals surface area contributed by atoms with Crippen molar-refractivity contribution in [2.45, 2.75) is 38.1 Å². The summed E-state index contributed by atoms with van der Waals surface area (Å²) in [4.78, 5) is 28.2. The number of hydrogen-bond acceptors (Lipinski definition) is 3. The highest BCUT2D eigenvalue weighted by Crippen LogP contribution is 2.38. The third-order valence-corrected chi connectivity index (χ3v) is 6.25. The van der Waals surface area contributed by atoms with Gasteiger partial charge in [-0.05, 0) is 47.8 Å². The SMILES string of the molecule is O=C(CCC(=O)N1CCc2sccc2C1c1ccccc1)NCC1CC1. The lowest BCUT2D eigenvalue weighted by molar-refractivity contribution is -0.135. The summed E-state index contributed by atoms with van der Waals surface area (Å²) >= 11 is 1.77. The molecule has 0 spiro atoms. The highest BCUT2D eigenvalue weighted by atomic mass is 32.1. The Kier molecular flexibility index (Phi) is 5.07. The van der Waals surface area contributed by atoms with Gasteiger partial charge in [0.05, 0.1) is 6.04 Å². The van der Waals surface area contributed by atoms with Crippen LogP contribution in [-0.4, -0.2) is 29.8 Å². The zero-order chi connectivity index (χ0) is 17.9. The van der Waals surface area contributed by atoms with E-state index >= 15 is 0 Å². The molecular weight excluding hydrogens is 344 g/mol. The maximum absolute atomic E-state index is 12.9. The van der Waals surface area contributed by atoms with E-state index in [1.54, 1.807) is 11.3 Å². The zero-order valence-electron chi connectivity index (χ0n) is 14.8. The molecule has 1 fully saturated rings. The second kappa shape index (κ2) is 7.62. The third kappa shape index (κ3) is 3.83. The van der Waals surface area contributed by atoms with Gasteiger partial charge in [0.15, 0.2) is 0 Å². The van der Waals surface area contributed by atoms with Gasteiger partial charge in [0, 0.05) is 30.8 Å². The first-order chi connectivity index (χ1) is 12.7. The summed E-state index contributed by atoms with van der Waals surface area (Å²) in [6.07, 6.45) is 3.89. The van der Waals surface area contributed by atoms with E-state index in [0.717, 1.165) is 25.1 Å². The molecule has 2 aliphatic rings. The summed E-state index contributed by atoms with van der Waals surface area (Å²) in [7, 11) is 0. The van der Waals surface area contributed by atoms with Crippen LogP contribution < -0.4 is 5.32 Å². The Labute approximate surface area is 158 Å². The zero-order valence-corrected chi connectivity index (χ0v) is 15.6. The van der Waals surface area contributed by atoms with E-state index in [4.69, 9.17) is 0 Å². The summed E-state index contributed by atoms with van der Waals surface area (Å²) in [5.41, 5.74) is 2.37. The van der Waals surface area contributed by atoms with E-state index in [1.165, 1.54) is 23.3 Å². The van der Waals surface area contributed by atoms with Crippen molar-refractivity contribution in [3.63, 3.8) is 0 Å². The summed E-state index contributed by atoms with van der Waals surface area (Å²) < 4.78 is 0. The minimum atomic E-state index is -0.0341. The van der Waals surface area contributed by atoms with Gasteiger partial charge < -0.3 is 10.2 Å². The van der Waals surface area contributed by atoms with Crippen molar-refractivity contribution < 1.29 is 9.59 Å². The Morgan fingerprint density at radius 1 is 1.12 bits per heavy atom. The summed E-state index contributed by atoms with van der Waals surface area (Å²) in [5, 5.41) is 5.06. The van der Waals surface area contributed by atoms with Crippen LogP contribution in [0.15, 0.2) is 41.8 Å². The maximum atomic E-state index is 12.9. The van der Waals surface area contributed by atoms with Crippen LogP contribution in [0.4, 0.5) is 0 Å². The molecule has 26 heavy (non-hydrogen) atoms. The van der Waals surface area contributed by atoms with Gasteiger partial charge in [-0.2, -0.15) is 0 Å². The van der Waals surface area contributed by atoms with Crippen molar-refractivity contribution in [1.82, 2.24) is 10.2 Å². The van der Waals surface area contributed by atoms with Gasteiger partial charge in [-0.1, -0.05) is 30.3 Å². The van der Waals surface area contributed by atoms with Crippen LogP contribution in [-0.2, 0) is 16.0 Å². The molecule has 2 amide bonds. The van der Waals surface area contributed by atoms with Crippen LogP contribution in [0, 0.1) is 5.92 Å². The first-order valence-electron chi connectivity index (χ1n) is 9.40. The minimum Gasteiger partial charge on any atom is -0.356 e. The molecule has 0 bridgehead atoms. The first-order valence-corrected chi connectivity index (χ1v) is 10.3. The molecule has 136 valence electrons. The molecular formula is C21H24N2O2S. The fraction of sp³-hybridized carbons (Fsp3) is 0.429. The summed E-state index contributed by atoms with van der Waals surface area (Å²) in [5.74, 6) is 0.725. The van der Waals surface area contributed by atoms with Crippen LogP contribution in [0.3, 0.4) is 0 Å². The Balaban J connectivity index is 1.45. The Morgan fingerprint density at radius 2 is 1.92 bits per heavy atom. The molecule has 2 aromatic rings. The highest BCUT2D eigenvalue weighted by Gasteiger charge is 2.32. The molecule has 1 atom stereocenters. The quantitative estimate of drug-likeness (QED) is 0.848. The number of amides is 2. The van der Waals surface area contributed by atoms with Crippen molar-refractivity contribution in [3.05, 3.63) is 57.8 Å². The van der Waals surface area contributed by atoms with E-state index in [1.807, 2.05) is 23.1 Å². The van der Waals surface area contributed by atoms with Crippen LogP contribution in [0.2, 0.25) is 0 Å².